The predicted molar refractivity (Wildman–Crippen MR) is 169 cm³/mol. The maximum Gasteiger partial charge on any atom is 0.245 e. The molecule has 0 bridgehead atoms. The van der Waals surface area contributed by atoms with Gasteiger partial charge < -0.3 is 15.2 Å². The second-order valence-corrected chi connectivity index (χ2v) is 13.0. The molecule has 0 aliphatic heterocycles. The van der Waals surface area contributed by atoms with E-state index in [1.807, 2.05) is 29.4 Å². The van der Waals surface area contributed by atoms with Crippen molar-refractivity contribution in [3.63, 3.8) is 0 Å². The number of ether oxygens (including phenoxy) is 1. The monoisotopic (exact) mass is 599 g/mol. The zero-order chi connectivity index (χ0) is 30.6. The molecule has 3 aromatic rings. The van der Waals surface area contributed by atoms with Crippen LogP contribution in [0.5, 0.6) is 5.75 Å². The van der Waals surface area contributed by atoms with Gasteiger partial charge in [-0.25, -0.2) is 4.98 Å². The number of aromatic nitrogens is 3. The van der Waals surface area contributed by atoms with E-state index in [0.29, 0.717) is 43.1 Å². The lowest BCUT2D eigenvalue weighted by Gasteiger charge is -2.36. The number of benzene rings is 1. The van der Waals surface area contributed by atoms with Gasteiger partial charge in [0.15, 0.2) is 0 Å². The molecule has 2 aromatic heterocycles. The minimum atomic E-state index is -0.505. The topological polar surface area (TPSA) is 110 Å². The SMILES string of the molecule is COc1ccc([C@H]2CC[C@H](CN(c3cc(-c4cnn(C5CC5)c4)ccn3)C(=O)[C@H]3CC[C@H](NC(=O)CO)CC3)CC2)cc1C. The predicted octanol–water partition coefficient (Wildman–Crippen LogP) is 5.57. The van der Waals surface area contributed by atoms with Crippen LogP contribution in [0.3, 0.4) is 0 Å². The van der Waals surface area contributed by atoms with E-state index in [2.05, 4.69) is 46.4 Å². The van der Waals surface area contributed by atoms with Crippen molar-refractivity contribution >= 4 is 17.6 Å². The second kappa shape index (κ2) is 13.5. The zero-order valence-corrected chi connectivity index (χ0v) is 26.0. The van der Waals surface area contributed by atoms with E-state index in [0.717, 1.165) is 55.4 Å². The third-order valence-electron chi connectivity index (χ3n) is 9.91. The first-order valence-electron chi connectivity index (χ1n) is 16.3. The quantitative estimate of drug-likeness (QED) is 0.315. The molecule has 2 amide bonds. The van der Waals surface area contributed by atoms with Gasteiger partial charge in [-0.2, -0.15) is 5.10 Å². The standard InChI is InChI=1S/C35H45N5O4/c1-23-17-27(9-14-32(23)44-2)25-5-3-24(4-6-25)20-39(35(43)26-7-10-30(11-8-26)38-34(42)22-41)33-18-28(15-16-36-33)29-19-37-40(21-29)31-12-13-31/h9,14-19,21,24-26,30-31,41H,3-8,10-13,20,22H2,1-2H3,(H,38,42)/t24-,25-,26-,30-. The largest absolute Gasteiger partial charge is 0.496 e. The van der Waals surface area contributed by atoms with Gasteiger partial charge in [0.25, 0.3) is 0 Å². The molecule has 0 spiro atoms. The normalized spacial score (nSPS) is 23.6. The number of aliphatic hydroxyl groups excluding tert-OH is 1. The number of rotatable bonds is 10. The van der Waals surface area contributed by atoms with E-state index >= 15 is 0 Å². The van der Waals surface area contributed by atoms with Crippen molar-refractivity contribution in [3.05, 3.63) is 60.0 Å². The highest BCUT2D eigenvalue weighted by Gasteiger charge is 2.34. The van der Waals surface area contributed by atoms with Gasteiger partial charge in [-0.3, -0.25) is 19.2 Å². The van der Waals surface area contributed by atoms with Crippen LogP contribution >= 0.6 is 0 Å². The van der Waals surface area contributed by atoms with Gasteiger partial charge in [-0.05, 0) is 118 Å². The highest BCUT2D eigenvalue weighted by Crippen LogP contribution is 2.39. The van der Waals surface area contributed by atoms with Crippen LogP contribution in [0.25, 0.3) is 11.1 Å². The Bertz CT molecular complexity index is 1450. The molecular formula is C35H45N5O4. The van der Waals surface area contributed by atoms with Crippen LogP contribution in [0.1, 0.15) is 87.3 Å². The highest BCUT2D eigenvalue weighted by molar-refractivity contribution is 5.94. The van der Waals surface area contributed by atoms with Crippen LogP contribution in [0.2, 0.25) is 0 Å². The molecule has 3 aliphatic rings. The Balaban J connectivity index is 1.17. The van der Waals surface area contributed by atoms with Crippen molar-refractivity contribution < 1.29 is 19.4 Å². The Morgan fingerprint density at radius 3 is 2.45 bits per heavy atom. The van der Waals surface area contributed by atoms with E-state index in [-0.39, 0.29) is 23.8 Å². The number of carbonyl (C=O) groups is 2. The Kier molecular flexibility index (Phi) is 9.31. The van der Waals surface area contributed by atoms with Crippen LogP contribution < -0.4 is 15.0 Å². The van der Waals surface area contributed by atoms with Gasteiger partial charge in [-0.1, -0.05) is 12.1 Å². The molecule has 0 atom stereocenters. The molecule has 2 N–H and O–H groups in total. The molecule has 9 nitrogen and oxygen atoms in total. The number of anilines is 1. The lowest BCUT2D eigenvalue weighted by Crippen LogP contribution is -2.44. The molecular weight excluding hydrogens is 554 g/mol. The molecule has 3 saturated carbocycles. The third kappa shape index (κ3) is 6.98. The number of aliphatic hydroxyl groups is 1. The Morgan fingerprint density at radius 1 is 1.00 bits per heavy atom. The summed E-state index contributed by atoms with van der Waals surface area (Å²) in [7, 11) is 1.71. The summed E-state index contributed by atoms with van der Waals surface area (Å²) in [6.07, 6.45) is 15.4. The molecule has 2 heterocycles. The van der Waals surface area contributed by atoms with Crippen molar-refractivity contribution in [3.8, 4) is 16.9 Å². The maximum atomic E-state index is 14.2. The van der Waals surface area contributed by atoms with E-state index in [1.165, 1.54) is 24.0 Å². The van der Waals surface area contributed by atoms with Crippen molar-refractivity contribution in [1.29, 1.82) is 0 Å². The van der Waals surface area contributed by atoms with Crippen LogP contribution in [0.4, 0.5) is 5.82 Å². The molecule has 0 saturated heterocycles. The van der Waals surface area contributed by atoms with Crippen molar-refractivity contribution in [2.75, 3.05) is 25.2 Å². The zero-order valence-electron chi connectivity index (χ0n) is 26.0. The summed E-state index contributed by atoms with van der Waals surface area (Å²) in [6.45, 7) is 2.25. The first-order valence-corrected chi connectivity index (χ1v) is 16.3. The summed E-state index contributed by atoms with van der Waals surface area (Å²) in [6, 6.07) is 11.1. The van der Waals surface area contributed by atoms with Crippen molar-refractivity contribution in [2.45, 2.75) is 89.1 Å². The van der Waals surface area contributed by atoms with Crippen LogP contribution in [0.15, 0.2) is 48.9 Å². The highest BCUT2D eigenvalue weighted by atomic mass is 16.5. The molecule has 1 aromatic carbocycles. The Hall–Kier alpha value is -3.72. The summed E-state index contributed by atoms with van der Waals surface area (Å²) in [4.78, 5) is 32.6. The van der Waals surface area contributed by atoms with Gasteiger partial charge in [0.2, 0.25) is 11.8 Å². The third-order valence-corrected chi connectivity index (χ3v) is 9.91. The van der Waals surface area contributed by atoms with Crippen LogP contribution in [0, 0.1) is 18.8 Å². The Morgan fingerprint density at radius 2 is 1.77 bits per heavy atom. The number of aryl methyl sites for hydroxylation is 1. The van der Waals surface area contributed by atoms with Gasteiger partial charge >= 0.3 is 0 Å². The number of pyridine rings is 1. The van der Waals surface area contributed by atoms with Crippen LogP contribution in [-0.2, 0) is 9.59 Å². The number of hydrogen-bond donors (Lipinski definition) is 2. The van der Waals surface area contributed by atoms with E-state index in [1.54, 1.807) is 7.11 Å². The number of carbonyl (C=O) groups excluding carboxylic acids is 2. The molecule has 3 aliphatic carbocycles. The number of methoxy groups -OCH3 is 1. The van der Waals surface area contributed by atoms with Gasteiger partial charge in [0.05, 0.1) is 19.3 Å². The van der Waals surface area contributed by atoms with Crippen molar-refractivity contribution in [1.82, 2.24) is 20.1 Å². The number of nitrogens with zero attached hydrogens (tertiary/aromatic N) is 4. The summed E-state index contributed by atoms with van der Waals surface area (Å²) in [5.74, 6) is 2.22. The fourth-order valence-electron chi connectivity index (χ4n) is 7.14. The molecule has 9 heteroatoms. The number of nitrogens with one attached hydrogen (secondary N) is 1. The van der Waals surface area contributed by atoms with Crippen LogP contribution in [-0.4, -0.2) is 58.0 Å². The molecule has 3 fully saturated rings. The molecule has 44 heavy (non-hydrogen) atoms. The summed E-state index contributed by atoms with van der Waals surface area (Å²) >= 11 is 0. The van der Waals surface area contributed by atoms with Gasteiger partial charge in [-0.15, -0.1) is 0 Å². The summed E-state index contributed by atoms with van der Waals surface area (Å²) in [5.41, 5.74) is 4.61. The summed E-state index contributed by atoms with van der Waals surface area (Å²) < 4.78 is 7.52. The van der Waals surface area contributed by atoms with E-state index in [9.17, 15) is 9.59 Å². The van der Waals surface area contributed by atoms with E-state index < -0.39 is 6.61 Å². The second-order valence-electron chi connectivity index (χ2n) is 13.0. The minimum Gasteiger partial charge on any atom is -0.496 e. The Labute approximate surface area is 260 Å². The van der Waals surface area contributed by atoms with E-state index in [4.69, 9.17) is 14.8 Å². The lowest BCUT2D eigenvalue weighted by atomic mass is 9.78. The molecule has 0 radical (unpaired) electrons. The first kappa shape index (κ1) is 30.3. The average molecular weight is 600 g/mol. The summed E-state index contributed by atoms with van der Waals surface area (Å²) in [5, 5.41) is 16.6. The fraction of sp³-hybridized carbons (Fsp3) is 0.543. The molecule has 0 unspecified atom stereocenters. The number of amides is 2. The first-order chi connectivity index (χ1) is 21.4. The smallest absolute Gasteiger partial charge is 0.245 e. The maximum absolute atomic E-state index is 14.2. The van der Waals surface area contributed by atoms with Crippen molar-refractivity contribution in [2.24, 2.45) is 11.8 Å². The minimum absolute atomic E-state index is 0.00785. The van der Waals surface area contributed by atoms with Gasteiger partial charge in [0.1, 0.15) is 18.2 Å². The van der Waals surface area contributed by atoms with Gasteiger partial charge in [0, 0.05) is 36.5 Å². The molecule has 234 valence electrons. The lowest BCUT2D eigenvalue weighted by molar-refractivity contribution is -0.125. The average Bonchev–Trinajstić information content (AvgIpc) is 3.79. The number of hydrogen-bond acceptors (Lipinski definition) is 6. The fourth-order valence-corrected chi connectivity index (χ4v) is 7.14. The molecule has 6 rings (SSSR count).